The normalized spacial score (nSPS) is 11.1. The average Bonchev–Trinajstić information content (AvgIpc) is 2.57. The Kier molecular flexibility index (Phi) is 7.55. The molecule has 0 aliphatic carbocycles. The highest BCUT2D eigenvalue weighted by molar-refractivity contribution is 6.36. The molecule has 0 spiro atoms. The van der Waals surface area contributed by atoms with Crippen LogP contribution in [0.2, 0.25) is 5.02 Å². The lowest BCUT2D eigenvalue weighted by molar-refractivity contribution is 0.143. The molecule has 0 amide bonds. The smallest absolute Gasteiger partial charge is 0.217 e. The molecule has 0 radical (unpaired) electrons. The highest BCUT2D eigenvalue weighted by Gasteiger charge is 2.15. The zero-order valence-corrected chi connectivity index (χ0v) is 15.8. The Morgan fingerprint density at radius 3 is 2.28 bits per heavy atom. The number of rotatable bonds is 10. The summed E-state index contributed by atoms with van der Waals surface area (Å²) in [6.07, 6.45) is 0.00818. The maximum atomic E-state index is 6.50. The molecule has 1 aromatic heterocycles. The Labute approximate surface area is 152 Å². The van der Waals surface area contributed by atoms with Crippen LogP contribution >= 0.6 is 11.6 Å². The van der Waals surface area contributed by atoms with E-state index in [9.17, 15) is 0 Å². The van der Waals surface area contributed by atoms with Crippen molar-refractivity contribution in [3.8, 4) is 17.4 Å². The van der Waals surface area contributed by atoms with Crippen molar-refractivity contribution in [1.29, 1.82) is 0 Å². The van der Waals surface area contributed by atoms with Gasteiger partial charge >= 0.3 is 0 Å². The predicted octanol–water partition coefficient (Wildman–Crippen LogP) is 3.73. The van der Waals surface area contributed by atoms with Crippen LogP contribution in [0.1, 0.15) is 13.8 Å². The van der Waals surface area contributed by atoms with Crippen LogP contribution in [0.3, 0.4) is 0 Å². The van der Waals surface area contributed by atoms with Gasteiger partial charge in [-0.15, -0.1) is 0 Å². The van der Waals surface area contributed by atoms with Crippen molar-refractivity contribution in [3.05, 3.63) is 23.2 Å². The number of nitrogens with zero attached hydrogens (tertiary/aromatic N) is 1. The van der Waals surface area contributed by atoms with Crippen molar-refractivity contribution in [2.24, 2.45) is 0 Å². The molecule has 0 fully saturated rings. The molecule has 0 saturated carbocycles. The second-order valence-corrected chi connectivity index (χ2v) is 5.96. The maximum Gasteiger partial charge on any atom is 0.217 e. The summed E-state index contributed by atoms with van der Waals surface area (Å²) in [6.45, 7) is 5.65. The fourth-order valence-electron chi connectivity index (χ4n) is 2.19. The number of pyridine rings is 1. The van der Waals surface area contributed by atoms with Gasteiger partial charge in [0.15, 0.2) is 0 Å². The topological polar surface area (TPSA) is 59.0 Å². The monoisotopic (exact) mass is 369 g/mol. The summed E-state index contributed by atoms with van der Waals surface area (Å²) >= 11 is 6.50. The molecule has 138 valence electrons. The van der Waals surface area contributed by atoms with E-state index in [-0.39, 0.29) is 6.10 Å². The van der Waals surface area contributed by atoms with E-state index >= 15 is 0 Å². The number of ether oxygens (including phenoxy) is 5. The quantitative estimate of drug-likeness (QED) is 0.595. The summed E-state index contributed by atoms with van der Waals surface area (Å²) in [5.41, 5.74) is 0.571. The van der Waals surface area contributed by atoms with Gasteiger partial charge in [-0.25, -0.2) is 4.98 Å². The molecule has 0 aliphatic heterocycles. The van der Waals surface area contributed by atoms with Crippen LogP contribution in [-0.2, 0) is 9.47 Å². The number of benzene rings is 1. The molecule has 0 saturated heterocycles. The second-order valence-electron chi connectivity index (χ2n) is 5.58. The number of fused-ring (bicyclic) bond motifs is 1. The minimum absolute atomic E-state index is 0.00818. The molecular weight excluding hydrogens is 346 g/mol. The largest absolute Gasteiger partial charge is 0.490 e. The average molecular weight is 370 g/mol. The molecule has 7 heteroatoms. The van der Waals surface area contributed by atoms with Crippen molar-refractivity contribution in [2.45, 2.75) is 20.0 Å². The molecule has 0 N–H and O–H groups in total. The third-order valence-electron chi connectivity index (χ3n) is 3.27. The Morgan fingerprint density at radius 1 is 0.960 bits per heavy atom. The first-order chi connectivity index (χ1) is 12.1. The molecule has 6 nitrogen and oxygen atoms in total. The molecule has 1 heterocycles. The van der Waals surface area contributed by atoms with Gasteiger partial charge in [-0.2, -0.15) is 0 Å². The first-order valence-electron chi connectivity index (χ1n) is 8.10. The van der Waals surface area contributed by atoms with Crippen LogP contribution in [0.15, 0.2) is 18.2 Å². The van der Waals surface area contributed by atoms with E-state index in [0.29, 0.717) is 54.3 Å². The maximum absolute atomic E-state index is 6.50. The van der Waals surface area contributed by atoms with Crippen molar-refractivity contribution in [2.75, 3.05) is 40.6 Å². The number of methoxy groups -OCH3 is 2. The number of aromatic nitrogens is 1. The van der Waals surface area contributed by atoms with Crippen LogP contribution in [0, 0.1) is 0 Å². The van der Waals surface area contributed by atoms with Crippen molar-refractivity contribution < 1.29 is 23.7 Å². The molecule has 2 rings (SSSR count). The van der Waals surface area contributed by atoms with E-state index in [1.165, 1.54) is 0 Å². The fourth-order valence-corrected chi connectivity index (χ4v) is 2.45. The summed E-state index contributed by atoms with van der Waals surface area (Å²) in [6, 6.07) is 5.45. The lowest BCUT2D eigenvalue weighted by atomic mass is 10.2. The molecule has 0 unspecified atom stereocenters. The Hall–Kier alpha value is -1.76. The lowest BCUT2D eigenvalue weighted by Crippen LogP contribution is -2.09. The fraction of sp³-hybridized carbons (Fsp3) is 0.500. The third-order valence-corrected chi connectivity index (χ3v) is 3.63. The number of halogens is 1. The van der Waals surface area contributed by atoms with Crippen LogP contribution in [0.4, 0.5) is 0 Å². The predicted molar refractivity (Wildman–Crippen MR) is 97.3 cm³/mol. The molecular formula is C18H24ClNO5. The lowest BCUT2D eigenvalue weighted by Gasteiger charge is -2.16. The molecule has 0 aliphatic rings. The van der Waals surface area contributed by atoms with Gasteiger partial charge in [-0.1, -0.05) is 11.6 Å². The van der Waals surface area contributed by atoms with Gasteiger partial charge < -0.3 is 23.7 Å². The second kappa shape index (κ2) is 9.65. The Morgan fingerprint density at radius 2 is 1.64 bits per heavy atom. The van der Waals surface area contributed by atoms with Crippen molar-refractivity contribution in [1.82, 2.24) is 4.98 Å². The van der Waals surface area contributed by atoms with Gasteiger partial charge in [0.25, 0.3) is 0 Å². The summed E-state index contributed by atoms with van der Waals surface area (Å²) in [5, 5.41) is 1.22. The molecule has 25 heavy (non-hydrogen) atoms. The molecule has 1 aromatic carbocycles. The van der Waals surface area contributed by atoms with Gasteiger partial charge in [0.2, 0.25) is 5.88 Å². The van der Waals surface area contributed by atoms with E-state index in [1.807, 2.05) is 19.9 Å². The highest BCUT2D eigenvalue weighted by Crippen LogP contribution is 2.38. The summed E-state index contributed by atoms with van der Waals surface area (Å²) in [7, 11) is 3.23. The van der Waals surface area contributed by atoms with E-state index in [0.717, 1.165) is 5.39 Å². The zero-order chi connectivity index (χ0) is 18.2. The number of hydrogen-bond donors (Lipinski definition) is 0. The van der Waals surface area contributed by atoms with Gasteiger partial charge in [0, 0.05) is 25.7 Å². The van der Waals surface area contributed by atoms with Crippen LogP contribution < -0.4 is 14.2 Å². The summed E-state index contributed by atoms with van der Waals surface area (Å²) in [4.78, 5) is 4.50. The first kappa shape index (κ1) is 19.6. The molecule has 0 atom stereocenters. The first-order valence-corrected chi connectivity index (χ1v) is 8.48. The Bertz CT molecular complexity index is 693. The van der Waals surface area contributed by atoms with E-state index in [2.05, 4.69) is 4.98 Å². The minimum Gasteiger partial charge on any atom is -0.490 e. The third kappa shape index (κ3) is 5.36. The van der Waals surface area contributed by atoms with Gasteiger partial charge in [0.1, 0.15) is 35.3 Å². The van der Waals surface area contributed by atoms with Gasteiger partial charge in [0.05, 0.1) is 19.3 Å². The van der Waals surface area contributed by atoms with Crippen LogP contribution in [0.5, 0.6) is 17.4 Å². The standard InChI is InChI=1S/C18H24ClNO5/c1-12(2)25-15-11-16(24-10-8-22-4)20-18-13(15)5-6-14(17(18)19)23-9-7-21-3/h5-6,11-12H,7-10H2,1-4H3. The van der Waals surface area contributed by atoms with E-state index in [4.69, 9.17) is 35.3 Å². The molecule has 0 bridgehead atoms. The molecule has 2 aromatic rings. The van der Waals surface area contributed by atoms with Crippen LogP contribution in [0.25, 0.3) is 10.9 Å². The minimum atomic E-state index is 0.00818. The van der Waals surface area contributed by atoms with Crippen molar-refractivity contribution in [3.63, 3.8) is 0 Å². The van der Waals surface area contributed by atoms with E-state index in [1.54, 1.807) is 26.4 Å². The van der Waals surface area contributed by atoms with E-state index < -0.39 is 0 Å². The summed E-state index contributed by atoms with van der Waals surface area (Å²) in [5.74, 6) is 1.64. The van der Waals surface area contributed by atoms with Gasteiger partial charge in [-0.3, -0.25) is 0 Å². The van der Waals surface area contributed by atoms with Gasteiger partial charge in [-0.05, 0) is 26.0 Å². The highest BCUT2D eigenvalue weighted by atomic mass is 35.5. The van der Waals surface area contributed by atoms with Crippen LogP contribution in [-0.4, -0.2) is 51.7 Å². The zero-order valence-electron chi connectivity index (χ0n) is 15.0. The SMILES string of the molecule is COCCOc1cc(OC(C)C)c2ccc(OCCOC)c(Cl)c2n1. The number of hydrogen-bond acceptors (Lipinski definition) is 6. The summed E-state index contributed by atoms with van der Waals surface area (Å²) < 4.78 is 27.2. The van der Waals surface area contributed by atoms with Crippen molar-refractivity contribution >= 4 is 22.5 Å². The Balaban J connectivity index is 2.40.